The van der Waals surface area contributed by atoms with E-state index in [9.17, 15) is 18.5 Å². The summed E-state index contributed by atoms with van der Waals surface area (Å²) in [5.41, 5.74) is 0.195. The molecule has 0 aliphatic heterocycles. The smallest absolute Gasteiger partial charge is 0.258 e. The summed E-state index contributed by atoms with van der Waals surface area (Å²) in [5, 5.41) is 11.1. The molecule has 2 aromatic carbocycles. The topological polar surface area (TPSA) is 89.3 Å². The van der Waals surface area contributed by atoms with Gasteiger partial charge in [0.2, 0.25) is 10.0 Å². The molecule has 0 fully saturated rings. The average molecular weight is 327 g/mol. The fourth-order valence-corrected chi connectivity index (χ4v) is 3.05. The summed E-state index contributed by atoms with van der Waals surface area (Å²) in [6.07, 6.45) is 0. The van der Waals surface area contributed by atoms with Gasteiger partial charge in [0.05, 0.1) is 4.92 Å². The van der Waals surface area contributed by atoms with Crippen molar-refractivity contribution in [3.63, 3.8) is 0 Å². The van der Waals surface area contributed by atoms with Crippen molar-refractivity contribution in [3.8, 4) is 0 Å². The third-order valence-corrected chi connectivity index (χ3v) is 4.40. The van der Waals surface area contributed by atoms with Gasteiger partial charge in [-0.1, -0.05) is 41.9 Å². The van der Waals surface area contributed by atoms with Gasteiger partial charge in [0.25, 0.3) is 5.69 Å². The second-order valence-electron chi connectivity index (χ2n) is 4.18. The molecular weight excluding hydrogens is 316 g/mol. The first-order valence-electron chi connectivity index (χ1n) is 5.88. The summed E-state index contributed by atoms with van der Waals surface area (Å²) >= 11 is 5.66. The zero-order valence-electron chi connectivity index (χ0n) is 10.7. The molecule has 110 valence electrons. The van der Waals surface area contributed by atoms with Crippen molar-refractivity contribution in [3.05, 3.63) is 69.2 Å². The van der Waals surface area contributed by atoms with Crippen molar-refractivity contribution in [2.24, 2.45) is 0 Å². The number of halogens is 1. The first-order chi connectivity index (χ1) is 9.90. The molecular formula is C13H11ClN2O4S. The van der Waals surface area contributed by atoms with Crippen molar-refractivity contribution in [2.45, 2.75) is 11.4 Å². The lowest BCUT2D eigenvalue weighted by atomic mass is 10.2. The molecule has 0 heterocycles. The lowest BCUT2D eigenvalue weighted by Crippen LogP contribution is -2.24. The van der Waals surface area contributed by atoms with Gasteiger partial charge in [-0.15, -0.1) is 0 Å². The van der Waals surface area contributed by atoms with Gasteiger partial charge in [0, 0.05) is 17.6 Å². The van der Waals surface area contributed by atoms with Gasteiger partial charge in [0.15, 0.2) is 4.90 Å². The molecule has 0 radical (unpaired) electrons. The maximum Gasteiger partial charge on any atom is 0.290 e. The van der Waals surface area contributed by atoms with Crippen LogP contribution in [0.15, 0.2) is 53.4 Å². The van der Waals surface area contributed by atoms with Crippen molar-refractivity contribution in [2.75, 3.05) is 0 Å². The van der Waals surface area contributed by atoms with Crippen LogP contribution in [0.3, 0.4) is 0 Å². The Kier molecular flexibility index (Phi) is 4.56. The highest BCUT2D eigenvalue weighted by Gasteiger charge is 2.25. The molecule has 0 aliphatic rings. The molecule has 2 rings (SSSR count). The Labute approximate surface area is 126 Å². The van der Waals surface area contributed by atoms with Crippen LogP contribution in [0.4, 0.5) is 5.69 Å². The van der Waals surface area contributed by atoms with Gasteiger partial charge in [-0.3, -0.25) is 10.1 Å². The van der Waals surface area contributed by atoms with Crippen molar-refractivity contribution >= 4 is 27.3 Å². The number of nitro groups is 1. The number of benzene rings is 2. The van der Waals surface area contributed by atoms with Crippen LogP contribution in [0.5, 0.6) is 0 Å². The molecule has 8 heteroatoms. The van der Waals surface area contributed by atoms with E-state index in [-0.39, 0.29) is 11.6 Å². The van der Waals surface area contributed by atoms with Gasteiger partial charge in [-0.2, -0.15) is 0 Å². The summed E-state index contributed by atoms with van der Waals surface area (Å²) in [6, 6.07) is 12.3. The first-order valence-corrected chi connectivity index (χ1v) is 7.74. The molecule has 0 saturated heterocycles. The van der Waals surface area contributed by atoms with E-state index in [1.54, 1.807) is 24.3 Å². The summed E-state index contributed by atoms with van der Waals surface area (Å²) in [4.78, 5) is 9.77. The number of nitrogens with zero attached hydrogens (tertiary/aromatic N) is 1. The molecule has 0 aliphatic carbocycles. The van der Waals surface area contributed by atoms with Crippen molar-refractivity contribution in [1.82, 2.24) is 4.72 Å². The second kappa shape index (κ2) is 6.21. The zero-order chi connectivity index (χ0) is 15.5. The SMILES string of the molecule is O=[N+]([O-])c1cc(Cl)ccc1S(=O)(=O)NCc1ccccc1. The van der Waals surface area contributed by atoms with Gasteiger partial charge in [0.1, 0.15) is 0 Å². The lowest BCUT2D eigenvalue weighted by molar-refractivity contribution is -0.387. The Morgan fingerprint density at radius 1 is 1.14 bits per heavy atom. The van der Waals surface area contributed by atoms with E-state index < -0.39 is 25.5 Å². The Balaban J connectivity index is 2.30. The number of nitro benzene ring substituents is 1. The fraction of sp³-hybridized carbons (Fsp3) is 0.0769. The maximum absolute atomic E-state index is 12.2. The molecule has 0 bridgehead atoms. The van der Waals surface area contributed by atoms with Crippen LogP contribution in [-0.4, -0.2) is 13.3 Å². The minimum atomic E-state index is -4.00. The predicted octanol–water partition coefficient (Wildman–Crippen LogP) is 2.73. The number of hydrogen-bond acceptors (Lipinski definition) is 4. The van der Waals surface area contributed by atoms with Gasteiger partial charge in [-0.05, 0) is 17.7 Å². The third kappa shape index (κ3) is 3.78. The van der Waals surface area contributed by atoms with Crippen molar-refractivity contribution < 1.29 is 13.3 Å². The van der Waals surface area contributed by atoms with Crippen LogP contribution in [0, 0.1) is 10.1 Å². The molecule has 1 N–H and O–H groups in total. The third-order valence-electron chi connectivity index (χ3n) is 2.72. The number of nitrogens with one attached hydrogen (secondary N) is 1. The second-order valence-corrected chi connectivity index (χ2v) is 6.35. The molecule has 0 saturated carbocycles. The summed E-state index contributed by atoms with van der Waals surface area (Å²) in [6.45, 7) is 0.0446. The minimum absolute atomic E-state index is 0.0446. The van der Waals surface area contributed by atoms with E-state index in [4.69, 9.17) is 11.6 Å². The largest absolute Gasteiger partial charge is 0.290 e. The lowest BCUT2D eigenvalue weighted by Gasteiger charge is -2.07. The van der Waals surface area contributed by atoms with E-state index in [2.05, 4.69) is 4.72 Å². The standard InChI is InChI=1S/C13H11ClN2O4S/c14-11-6-7-13(12(8-11)16(17)18)21(19,20)15-9-10-4-2-1-3-5-10/h1-8,15H,9H2. The minimum Gasteiger partial charge on any atom is -0.258 e. The van der Waals surface area contributed by atoms with E-state index >= 15 is 0 Å². The van der Waals surface area contributed by atoms with E-state index in [1.807, 2.05) is 6.07 Å². The van der Waals surface area contributed by atoms with Gasteiger partial charge >= 0.3 is 0 Å². The Hall–Kier alpha value is -1.96. The van der Waals surface area contributed by atoms with Crippen LogP contribution in [0.25, 0.3) is 0 Å². The molecule has 0 amide bonds. The molecule has 0 aromatic heterocycles. The van der Waals surface area contributed by atoms with Gasteiger partial charge < -0.3 is 0 Å². The summed E-state index contributed by atoms with van der Waals surface area (Å²) in [7, 11) is -4.00. The predicted molar refractivity (Wildman–Crippen MR) is 78.6 cm³/mol. The molecule has 2 aromatic rings. The van der Waals surface area contributed by atoms with Crippen LogP contribution in [-0.2, 0) is 16.6 Å². The fourth-order valence-electron chi connectivity index (χ4n) is 1.71. The zero-order valence-corrected chi connectivity index (χ0v) is 12.3. The number of hydrogen-bond donors (Lipinski definition) is 1. The molecule has 0 spiro atoms. The highest BCUT2D eigenvalue weighted by atomic mass is 35.5. The Bertz CT molecular complexity index is 763. The number of sulfonamides is 1. The van der Waals surface area contributed by atoms with Crippen LogP contribution >= 0.6 is 11.6 Å². The highest BCUT2D eigenvalue weighted by molar-refractivity contribution is 7.89. The Morgan fingerprint density at radius 2 is 1.81 bits per heavy atom. The van der Waals surface area contributed by atoms with E-state index in [0.29, 0.717) is 0 Å². The Morgan fingerprint density at radius 3 is 2.43 bits per heavy atom. The maximum atomic E-state index is 12.2. The van der Waals surface area contributed by atoms with Crippen LogP contribution < -0.4 is 4.72 Å². The van der Waals surface area contributed by atoms with Crippen molar-refractivity contribution in [1.29, 1.82) is 0 Å². The van der Waals surface area contributed by atoms with Gasteiger partial charge in [-0.25, -0.2) is 13.1 Å². The highest BCUT2D eigenvalue weighted by Crippen LogP contribution is 2.27. The molecule has 0 unspecified atom stereocenters. The molecule has 6 nitrogen and oxygen atoms in total. The van der Waals surface area contributed by atoms with Crippen LogP contribution in [0.1, 0.15) is 5.56 Å². The normalized spacial score (nSPS) is 11.3. The molecule has 21 heavy (non-hydrogen) atoms. The quantitative estimate of drug-likeness (QED) is 0.675. The van der Waals surface area contributed by atoms with Crippen LogP contribution in [0.2, 0.25) is 5.02 Å². The first kappa shape index (κ1) is 15.4. The summed E-state index contributed by atoms with van der Waals surface area (Å²) < 4.78 is 26.7. The molecule has 0 atom stereocenters. The van der Waals surface area contributed by atoms with E-state index in [1.165, 1.54) is 6.07 Å². The monoisotopic (exact) mass is 326 g/mol. The average Bonchev–Trinajstić information content (AvgIpc) is 2.46. The summed E-state index contributed by atoms with van der Waals surface area (Å²) in [5.74, 6) is 0. The van der Waals surface area contributed by atoms with E-state index in [0.717, 1.165) is 17.7 Å². The number of rotatable bonds is 5.